The van der Waals surface area contributed by atoms with Crippen LogP contribution in [0.1, 0.15) is 17.1 Å². The van der Waals surface area contributed by atoms with E-state index in [2.05, 4.69) is 20.6 Å². The van der Waals surface area contributed by atoms with Gasteiger partial charge in [-0.15, -0.1) is 35.3 Å². The molecule has 0 fully saturated rings. The lowest BCUT2D eigenvalue weighted by atomic mass is 10.3. The Kier molecular flexibility index (Phi) is 11.5. The van der Waals surface area contributed by atoms with Gasteiger partial charge in [0.2, 0.25) is 0 Å². The number of aromatic nitrogens is 1. The van der Waals surface area contributed by atoms with Crippen LogP contribution in [0.2, 0.25) is 0 Å². The van der Waals surface area contributed by atoms with Gasteiger partial charge in [0.15, 0.2) is 5.96 Å². The number of halogens is 4. The highest BCUT2D eigenvalue weighted by Gasteiger charge is 2.28. The first-order valence-electron chi connectivity index (χ1n) is 7.41. The van der Waals surface area contributed by atoms with Gasteiger partial charge >= 0.3 is 6.18 Å². The lowest BCUT2D eigenvalue weighted by molar-refractivity contribution is -0.143. The Morgan fingerprint density at radius 2 is 2.00 bits per heavy atom. The molecule has 1 aromatic heterocycles. The number of hydrogen-bond acceptors (Lipinski definition) is 4. The van der Waals surface area contributed by atoms with E-state index in [0.717, 1.165) is 17.1 Å². The third kappa shape index (κ3) is 11.0. The third-order valence-electron chi connectivity index (χ3n) is 3.02. The van der Waals surface area contributed by atoms with Crippen LogP contribution in [0.15, 0.2) is 10.4 Å². The molecule has 10 heteroatoms. The van der Waals surface area contributed by atoms with Gasteiger partial charge in [0.25, 0.3) is 0 Å². The van der Waals surface area contributed by atoms with E-state index in [9.17, 15) is 13.2 Å². The average molecular weight is 479 g/mol. The van der Waals surface area contributed by atoms with E-state index in [4.69, 9.17) is 0 Å². The maximum Gasteiger partial charge on any atom is 0.401 e. The number of hydrogen-bond donors (Lipinski definition) is 2. The summed E-state index contributed by atoms with van der Waals surface area (Å²) in [5, 5.41) is 9.33. The highest BCUT2D eigenvalue weighted by Crippen LogP contribution is 2.15. The Balaban J connectivity index is 0.00000529. The van der Waals surface area contributed by atoms with Gasteiger partial charge in [-0.1, -0.05) is 0 Å². The minimum Gasteiger partial charge on any atom is -0.356 e. The fourth-order valence-electron chi connectivity index (χ4n) is 1.99. The fraction of sp³-hybridized carbons (Fsp3) is 0.714. The summed E-state index contributed by atoms with van der Waals surface area (Å²) in [6.45, 7) is 2.74. The van der Waals surface area contributed by atoms with Gasteiger partial charge in [0, 0.05) is 31.9 Å². The van der Waals surface area contributed by atoms with Crippen LogP contribution in [0.4, 0.5) is 13.2 Å². The molecule has 0 radical (unpaired) electrons. The van der Waals surface area contributed by atoms with Crippen molar-refractivity contribution in [2.24, 2.45) is 4.99 Å². The molecule has 2 N–H and O–H groups in total. The SMILES string of the molecule is CN=C(NCCCN(C)CC(F)(F)F)NCCc1csc(C)n1.I. The first-order chi connectivity index (χ1) is 10.8. The molecule has 1 aromatic rings. The molecule has 0 amide bonds. The van der Waals surface area contributed by atoms with Crippen LogP contribution < -0.4 is 10.6 Å². The average Bonchev–Trinajstić information content (AvgIpc) is 2.85. The van der Waals surface area contributed by atoms with E-state index in [1.165, 1.54) is 11.9 Å². The first kappa shape index (κ1) is 23.4. The molecule has 0 aliphatic carbocycles. The number of nitrogens with one attached hydrogen (secondary N) is 2. The zero-order chi connectivity index (χ0) is 17.3. The summed E-state index contributed by atoms with van der Waals surface area (Å²) in [6.07, 6.45) is -2.73. The molecule has 140 valence electrons. The van der Waals surface area contributed by atoms with Gasteiger partial charge < -0.3 is 10.6 Å². The molecule has 0 aromatic carbocycles. The summed E-state index contributed by atoms with van der Waals surface area (Å²) < 4.78 is 36.6. The first-order valence-corrected chi connectivity index (χ1v) is 8.29. The standard InChI is InChI=1S/C14H24F3N5S.HI/c1-11-21-12(9-23-11)5-7-20-13(18-2)19-6-4-8-22(3)10-14(15,16)17;/h9H,4-8,10H2,1-3H3,(H2,18,19,20);1H. The second kappa shape index (κ2) is 11.9. The predicted octanol–water partition coefficient (Wildman–Crippen LogP) is 2.66. The monoisotopic (exact) mass is 479 g/mol. The summed E-state index contributed by atoms with van der Waals surface area (Å²) in [7, 11) is 3.13. The lowest BCUT2D eigenvalue weighted by Gasteiger charge is -2.18. The second-order valence-corrected chi connectivity index (χ2v) is 6.30. The molecule has 0 saturated heterocycles. The van der Waals surface area contributed by atoms with Crippen molar-refractivity contribution in [1.82, 2.24) is 20.5 Å². The molecule has 5 nitrogen and oxygen atoms in total. The van der Waals surface area contributed by atoms with Gasteiger partial charge in [0.05, 0.1) is 17.2 Å². The molecule has 0 saturated carbocycles. The maximum atomic E-state index is 12.2. The molecule has 1 rings (SSSR count). The van der Waals surface area contributed by atoms with Crippen LogP contribution >= 0.6 is 35.3 Å². The van der Waals surface area contributed by atoms with Crippen molar-refractivity contribution in [1.29, 1.82) is 0 Å². The minimum absolute atomic E-state index is 0. The van der Waals surface area contributed by atoms with Crippen LogP contribution in [0, 0.1) is 6.92 Å². The van der Waals surface area contributed by atoms with Crippen LogP contribution in [0.5, 0.6) is 0 Å². The molecule has 0 atom stereocenters. The van der Waals surface area contributed by atoms with Crippen molar-refractivity contribution in [2.75, 3.05) is 40.3 Å². The van der Waals surface area contributed by atoms with Crippen molar-refractivity contribution in [2.45, 2.75) is 25.9 Å². The van der Waals surface area contributed by atoms with E-state index >= 15 is 0 Å². The van der Waals surface area contributed by atoms with Crippen LogP contribution in [-0.4, -0.2) is 62.3 Å². The normalized spacial score (nSPS) is 12.2. The van der Waals surface area contributed by atoms with E-state index in [1.54, 1.807) is 18.4 Å². The third-order valence-corrected chi connectivity index (χ3v) is 3.84. The number of guanidine groups is 1. The Morgan fingerprint density at radius 3 is 2.54 bits per heavy atom. The van der Waals surface area contributed by atoms with Gasteiger partial charge in [-0.2, -0.15) is 13.2 Å². The molecule has 0 spiro atoms. The number of aryl methyl sites for hydroxylation is 1. The summed E-state index contributed by atoms with van der Waals surface area (Å²) in [6, 6.07) is 0. The number of nitrogens with zero attached hydrogens (tertiary/aromatic N) is 3. The Morgan fingerprint density at radius 1 is 1.33 bits per heavy atom. The highest BCUT2D eigenvalue weighted by molar-refractivity contribution is 14.0. The smallest absolute Gasteiger partial charge is 0.356 e. The number of thiazole rings is 1. The second-order valence-electron chi connectivity index (χ2n) is 5.24. The molecule has 0 aliphatic heterocycles. The zero-order valence-corrected chi connectivity index (χ0v) is 17.3. The van der Waals surface area contributed by atoms with Crippen molar-refractivity contribution < 1.29 is 13.2 Å². The summed E-state index contributed by atoms with van der Waals surface area (Å²) in [4.78, 5) is 9.73. The molecule has 0 bridgehead atoms. The molecular weight excluding hydrogens is 454 g/mol. The zero-order valence-electron chi connectivity index (χ0n) is 14.1. The van der Waals surface area contributed by atoms with Gasteiger partial charge in [-0.25, -0.2) is 4.98 Å². The summed E-state index contributed by atoms with van der Waals surface area (Å²) in [5.41, 5.74) is 1.05. The van der Waals surface area contributed by atoms with E-state index in [-0.39, 0.29) is 24.0 Å². The molecule has 0 unspecified atom stereocenters. The minimum atomic E-state index is -4.15. The highest BCUT2D eigenvalue weighted by atomic mass is 127. The topological polar surface area (TPSA) is 52.6 Å². The van der Waals surface area contributed by atoms with Crippen LogP contribution in [0.25, 0.3) is 0 Å². The van der Waals surface area contributed by atoms with Gasteiger partial charge in [0.1, 0.15) is 0 Å². The quantitative estimate of drug-likeness (QED) is 0.261. The van der Waals surface area contributed by atoms with Crippen LogP contribution in [-0.2, 0) is 6.42 Å². The number of aliphatic imine (C=N–C) groups is 1. The number of rotatable bonds is 8. The van der Waals surface area contributed by atoms with E-state index in [0.29, 0.717) is 32.0 Å². The Bertz CT molecular complexity index is 493. The molecular formula is C14H25F3IN5S. The van der Waals surface area contributed by atoms with Gasteiger partial charge in [-0.05, 0) is 26.9 Å². The predicted molar refractivity (Wildman–Crippen MR) is 104 cm³/mol. The summed E-state index contributed by atoms with van der Waals surface area (Å²) >= 11 is 1.62. The van der Waals surface area contributed by atoms with Crippen LogP contribution in [0.3, 0.4) is 0 Å². The van der Waals surface area contributed by atoms with E-state index in [1.807, 2.05) is 12.3 Å². The van der Waals surface area contributed by atoms with Crippen molar-refractivity contribution in [3.05, 3.63) is 16.1 Å². The summed E-state index contributed by atoms with van der Waals surface area (Å²) in [5.74, 6) is 0.649. The molecule has 24 heavy (non-hydrogen) atoms. The van der Waals surface area contributed by atoms with Crippen molar-refractivity contribution in [3.8, 4) is 0 Å². The molecule has 1 heterocycles. The number of alkyl halides is 3. The van der Waals surface area contributed by atoms with E-state index < -0.39 is 12.7 Å². The fourth-order valence-corrected chi connectivity index (χ4v) is 2.64. The largest absolute Gasteiger partial charge is 0.401 e. The van der Waals surface area contributed by atoms with Crippen molar-refractivity contribution in [3.63, 3.8) is 0 Å². The Labute approximate surface area is 162 Å². The Hall–Kier alpha value is -0.620. The van der Waals surface area contributed by atoms with Crippen molar-refractivity contribution >= 4 is 41.3 Å². The lowest BCUT2D eigenvalue weighted by Crippen LogP contribution is -2.40. The molecule has 0 aliphatic rings. The van der Waals surface area contributed by atoms with Gasteiger partial charge in [-0.3, -0.25) is 9.89 Å². The maximum absolute atomic E-state index is 12.2.